The second kappa shape index (κ2) is 4.41. The second-order valence-electron chi connectivity index (χ2n) is 4.74. The number of hydrogen-bond acceptors (Lipinski definition) is 3. The smallest absolute Gasteiger partial charge is 0.227 e. The molecule has 2 saturated heterocycles. The van der Waals surface area contributed by atoms with E-state index in [4.69, 9.17) is 0 Å². The summed E-state index contributed by atoms with van der Waals surface area (Å²) in [5.74, 6) is 0.127. The second-order valence-corrected chi connectivity index (χ2v) is 4.74. The molecule has 0 aromatic heterocycles. The lowest BCUT2D eigenvalue weighted by Gasteiger charge is -2.26. The molecule has 0 aromatic carbocycles. The summed E-state index contributed by atoms with van der Waals surface area (Å²) in [4.78, 5) is 23.2. The van der Waals surface area contributed by atoms with Gasteiger partial charge in [0.15, 0.2) is 0 Å². The van der Waals surface area contributed by atoms with Gasteiger partial charge in [-0.2, -0.15) is 0 Å². The van der Waals surface area contributed by atoms with E-state index >= 15 is 0 Å². The molecule has 5 nitrogen and oxygen atoms in total. The molecule has 0 spiro atoms. The van der Waals surface area contributed by atoms with Crippen molar-refractivity contribution in [2.24, 2.45) is 5.41 Å². The van der Waals surface area contributed by atoms with E-state index in [1.54, 1.807) is 0 Å². The van der Waals surface area contributed by atoms with E-state index in [0.717, 1.165) is 25.9 Å². The first kappa shape index (κ1) is 11.4. The van der Waals surface area contributed by atoms with Gasteiger partial charge in [0.25, 0.3) is 0 Å². The molecule has 16 heavy (non-hydrogen) atoms. The average molecular weight is 225 g/mol. The first-order valence-corrected chi connectivity index (χ1v) is 5.95. The molecular weight excluding hydrogens is 206 g/mol. The van der Waals surface area contributed by atoms with Crippen molar-refractivity contribution >= 4 is 11.8 Å². The van der Waals surface area contributed by atoms with Crippen molar-refractivity contribution in [2.45, 2.75) is 32.2 Å². The largest absolute Gasteiger partial charge is 0.354 e. The summed E-state index contributed by atoms with van der Waals surface area (Å²) >= 11 is 0. The highest BCUT2D eigenvalue weighted by Gasteiger charge is 2.40. The van der Waals surface area contributed by atoms with Crippen LogP contribution in [0.25, 0.3) is 0 Å². The molecule has 2 aliphatic heterocycles. The summed E-state index contributed by atoms with van der Waals surface area (Å²) in [5.41, 5.74) is -0.258. The zero-order chi connectivity index (χ0) is 11.6. The number of amides is 2. The van der Waals surface area contributed by atoms with Crippen molar-refractivity contribution in [2.75, 3.05) is 19.6 Å². The van der Waals surface area contributed by atoms with Gasteiger partial charge < -0.3 is 16.0 Å². The fourth-order valence-electron chi connectivity index (χ4n) is 2.45. The monoisotopic (exact) mass is 225 g/mol. The fraction of sp³-hybridized carbons (Fsp3) is 0.818. The van der Waals surface area contributed by atoms with E-state index in [1.807, 2.05) is 6.92 Å². The Hall–Kier alpha value is -1.10. The third-order valence-electron chi connectivity index (χ3n) is 3.71. The topological polar surface area (TPSA) is 70.2 Å². The van der Waals surface area contributed by atoms with Crippen molar-refractivity contribution < 1.29 is 9.59 Å². The summed E-state index contributed by atoms with van der Waals surface area (Å²) in [5, 5.41) is 8.94. The van der Waals surface area contributed by atoms with E-state index in [2.05, 4.69) is 16.0 Å². The van der Waals surface area contributed by atoms with Gasteiger partial charge in [-0.25, -0.2) is 0 Å². The lowest BCUT2D eigenvalue weighted by atomic mass is 9.83. The lowest BCUT2D eigenvalue weighted by Crippen LogP contribution is -2.47. The van der Waals surface area contributed by atoms with Gasteiger partial charge >= 0.3 is 0 Å². The Morgan fingerprint density at radius 3 is 2.94 bits per heavy atom. The van der Waals surface area contributed by atoms with Crippen molar-refractivity contribution in [3.05, 3.63) is 0 Å². The molecular formula is C11H19N3O2. The number of carbonyl (C=O) groups is 2. The van der Waals surface area contributed by atoms with Crippen LogP contribution in [0.3, 0.4) is 0 Å². The van der Waals surface area contributed by atoms with E-state index in [-0.39, 0.29) is 23.3 Å². The van der Waals surface area contributed by atoms with Crippen LogP contribution in [0.2, 0.25) is 0 Å². The van der Waals surface area contributed by atoms with Gasteiger partial charge in [-0.1, -0.05) is 6.92 Å². The summed E-state index contributed by atoms with van der Waals surface area (Å²) in [6.45, 7) is 4.27. The Kier molecular flexibility index (Phi) is 3.14. The highest BCUT2D eigenvalue weighted by atomic mass is 16.2. The molecule has 2 amide bonds. The molecule has 2 atom stereocenters. The SMILES string of the molecule is CCC1(C(=O)NC2CNC(=O)C2)CCNC1. The van der Waals surface area contributed by atoms with Crippen molar-refractivity contribution in [1.82, 2.24) is 16.0 Å². The summed E-state index contributed by atoms with van der Waals surface area (Å²) in [6.07, 6.45) is 2.16. The van der Waals surface area contributed by atoms with Crippen LogP contribution < -0.4 is 16.0 Å². The molecule has 0 radical (unpaired) electrons. The minimum Gasteiger partial charge on any atom is -0.354 e. The number of rotatable bonds is 3. The van der Waals surface area contributed by atoms with Crippen molar-refractivity contribution in [3.63, 3.8) is 0 Å². The maximum absolute atomic E-state index is 12.2. The molecule has 2 heterocycles. The first-order chi connectivity index (χ1) is 7.66. The maximum Gasteiger partial charge on any atom is 0.227 e. The predicted molar refractivity (Wildman–Crippen MR) is 59.8 cm³/mol. The summed E-state index contributed by atoms with van der Waals surface area (Å²) < 4.78 is 0. The van der Waals surface area contributed by atoms with Gasteiger partial charge in [0.05, 0.1) is 11.5 Å². The van der Waals surface area contributed by atoms with Crippen molar-refractivity contribution in [1.29, 1.82) is 0 Å². The summed E-state index contributed by atoms with van der Waals surface area (Å²) in [7, 11) is 0. The third-order valence-corrected chi connectivity index (χ3v) is 3.71. The van der Waals surface area contributed by atoms with Crippen LogP contribution in [0.4, 0.5) is 0 Å². The van der Waals surface area contributed by atoms with Gasteiger partial charge in [0.2, 0.25) is 11.8 Å². The van der Waals surface area contributed by atoms with Gasteiger partial charge in [0.1, 0.15) is 0 Å². The van der Waals surface area contributed by atoms with Crippen molar-refractivity contribution in [3.8, 4) is 0 Å². The van der Waals surface area contributed by atoms with E-state index < -0.39 is 0 Å². The molecule has 2 fully saturated rings. The lowest BCUT2D eigenvalue weighted by molar-refractivity contribution is -0.130. The molecule has 0 bridgehead atoms. The number of hydrogen-bond donors (Lipinski definition) is 3. The Morgan fingerprint density at radius 2 is 2.44 bits per heavy atom. The minimum atomic E-state index is -0.258. The Morgan fingerprint density at radius 1 is 1.62 bits per heavy atom. The molecule has 3 N–H and O–H groups in total. The van der Waals surface area contributed by atoms with Crippen LogP contribution in [0.1, 0.15) is 26.2 Å². The maximum atomic E-state index is 12.2. The van der Waals surface area contributed by atoms with Crippen LogP contribution in [-0.4, -0.2) is 37.5 Å². The fourth-order valence-corrected chi connectivity index (χ4v) is 2.45. The van der Waals surface area contributed by atoms with Gasteiger partial charge in [-0.3, -0.25) is 9.59 Å². The standard InChI is InChI=1S/C11H19N3O2/c1-2-11(3-4-12-7-11)10(16)14-8-5-9(15)13-6-8/h8,12H,2-7H2,1H3,(H,13,15)(H,14,16). The van der Waals surface area contributed by atoms with Gasteiger partial charge in [-0.15, -0.1) is 0 Å². The minimum absolute atomic E-state index is 0.0241. The molecule has 90 valence electrons. The number of nitrogens with one attached hydrogen (secondary N) is 3. The van der Waals surface area contributed by atoms with Crippen LogP contribution in [-0.2, 0) is 9.59 Å². The van der Waals surface area contributed by atoms with Crippen LogP contribution >= 0.6 is 0 Å². The average Bonchev–Trinajstić information content (AvgIpc) is 2.88. The Bertz CT molecular complexity index is 298. The third kappa shape index (κ3) is 2.04. The van der Waals surface area contributed by atoms with E-state index in [1.165, 1.54) is 0 Å². The van der Waals surface area contributed by atoms with Crippen LogP contribution in [0, 0.1) is 5.41 Å². The number of carbonyl (C=O) groups excluding carboxylic acids is 2. The molecule has 5 heteroatoms. The normalized spacial score (nSPS) is 33.8. The Labute approximate surface area is 95.3 Å². The van der Waals surface area contributed by atoms with E-state index in [0.29, 0.717) is 13.0 Å². The molecule has 2 rings (SSSR count). The van der Waals surface area contributed by atoms with E-state index in [9.17, 15) is 9.59 Å². The summed E-state index contributed by atoms with van der Waals surface area (Å²) in [6, 6.07) is -0.0241. The molecule has 0 saturated carbocycles. The molecule has 2 aliphatic rings. The predicted octanol–water partition coefficient (Wildman–Crippen LogP) is -0.619. The molecule has 0 aromatic rings. The van der Waals surface area contributed by atoms with Gasteiger partial charge in [-0.05, 0) is 19.4 Å². The zero-order valence-electron chi connectivity index (χ0n) is 9.64. The zero-order valence-corrected chi connectivity index (χ0v) is 9.64. The highest BCUT2D eigenvalue weighted by Crippen LogP contribution is 2.29. The van der Waals surface area contributed by atoms with Crippen LogP contribution in [0.5, 0.6) is 0 Å². The quantitative estimate of drug-likeness (QED) is 0.599. The van der Waals surface area contributed by atoms with Crippen LogP contribution in [0.15, 0.2) is 0 Å². The molecule has 2 unspecified atom stereocenters. The first-order valence-electron chi connectivity index (χ1n) is 5.95. The highest BCUT2D eigenvalue weighted by molar-refractivity contribution is 5.85. The Balaban J connectivity index is 1.93. The van der Waals surface area contributed by atoms with Gasteiger partial charge in [0, 0.05) is 19.5 Å². The molecule has 0 aliphatic carbocycles.